The Morgan fingerprint density at radius 2 is 1.44 bits per heavy atom. The first-order valence-corrected chi connectivity index (χ1v) is 15.9. The van der Waals surface area contributed by atoms with E-state index in [1.165, 1.54) is 35.4 Å². The molecule has 0 radical (unpaired) electrons. The van der Waals surface area contributed by atoms with Crippen LogP contribution in [0.2, 0.25) is 3.63 Å². The van der Waals surface area contributed by atoms with E-state index in [-0.39, 0.29) is 0 Å². The van der Waals surface area contributed by atoms with Crippen LogP contribution in [-0.4, -0.2) is 0 Å². The van der Waals surface area contributed by atoms with E-state index >= 15 is 0 Å². The summed E-state index contributed by atoms with van der Waals surface area (Å²) in [5, 5.41) is 4.68. The first kappa shape index (κ1) is 20.8. The standard InChI is InChI=1S/C21H16P.C9H11.Zr/c1-3-11-19(12-4-1)22(20-13-5-2-6-14-20)21-15-17-9-7-8-10-18(17)16-21;1-2-5-9-7-3-6-8(9)4-1;/h1-16H;1-2,4,6,9H,3,5,7H2;. The molecule has 1 fully saturated rings. The van der Waals surface area contributed by atoms with Crippen LogP contribution in [0.5, 0.6) is 0 Å². The van der Waals surface area contributed by atoms with Crippen LogP contribution >= 0.6 is 7.92 Å². The van der Waals surface area contributed by atoms with E-state index in [0.29, 0.717) is 3.63 Å². The van der Waals surface area contributed by atoms with Crippen molar-refractivity contribution in [1.82, 2.24) is 0 Å². The molecule has 0 heterocycles. The van der Waals surface area contributed by atoms with Gasteiger partial charge < -0.3 is 0 Å². The van der Waals surface area contributed by atoms with Crippen LogP contribution in [0, 0.1) is 5.92 Å². The number of rotatable bonds is 5. The van der Waals surface area contributed by atoms with Crippen molar-refractivity contribution < 1.29 is 23.2 Å². The molecule has 0 aromatic heterocycles. The third-order valence-electron chi connectivity index (χ3n) is 7.08. The normalized spacial score (nSPS) is 23.5. The molecule has 0 spiro atoms. The van der Waals surface area contributed by atoms with Crippen LogP contribution < -0.4 is 10.6 Å². The molecule has 0 aliphatic heterocycles. The summed E-state index contributed by atoms with van der Waals surface area (Å²) in [5.41, 5.74) is 4.88. The van der Waals surface area contributed by atoms with Gasteiger partial charge in [0.25, 0.3) is 0 Å². The average Bonchev–Trinajstić information content (AvgIpc) is 3.43. The van der Waals surface area contributed by atoms with Gasteiger partial charge in [0.05, 0.1) is 0 Å². The van der Waals surface area contributed by atoms with Gasteiger partial charge in [-0.15, -0.1) is 0 Å². The Labute approximate surface area is 204 Å². The molecule has 3 unspecified atom stereocenters. The van der Waals surface area contributed by atoms with Gasteiger partial charge in [-0.05, 0) is 0 Å². The summed E-state index contributed by atoms with van der Waals surface area (Å²) >= 11 is -0.725. The maximum atomic E-state index is 2.58. The van der Waals surface area contributed by atoms with Crippen molar-refractivity contribution in [1.29, 1.82) is 0 Å². The molecule has 0 N–H and O–H groups in total. The molecule has 3 atom stereocenters. The van der Waals surface area contributed by atoms with Crippen molar-refractivity contribution in [2.75, 3.05) is 0 Å². The number of allylic oxidation sites excluding steroid dienone is 5. The fraction of sp³-hybridized carbons (Fsp3) is 0.200. The third kappa shape index (κ3) is 3.89. The average molecular weight is 510 g/mol. The molecule has 32 heavy (non-hydrogen) atoms. The van der Waals surface area contributed by atoms with Gasteiger partial charge in [0.15, 0.2) is 0 Å². The van der Waals surface area contributed by atoms with Gasteiger partial charge in [0, 0.05) is 0 Å². The summed E-state index contributed by atoms with van der Waals surface area (Å²) in [7, 11) is -0.507. The van der Waals surface area contributed by atoms with Gasteiger partial charge >= 0.3 is 205 Å². The molecule has 6 rings (SSSR count). The number of hydrogen-bond donors (Lipinski definition) is 0. The van der Waals surface area contributed by atoms with E-state index in [0.717, 1.165) is 9.54 Å². The minimum absolute atomic E-state index is 0.507. The Morgan fingerprint density at radius 1 is 0.750 bits per heavy atom. The van der Waals surface area contributed by atoms with Crippen molar-refractivity contribution >= 4 is 24.6 Å². The molecule has 3 aromatic carbocycles. The second-order valence-corrected chi connectivity index (χ2v) is 15.1. The van der Waals surface area contributed by atoms with Gasteiger partial charge in [-0.25, -0.2) is 0 Å². The predicted molar refractivity (Wildman–Crippen MR) is 135 cm³/mol. The first-order chi connectivity index (χ1) is 15.9. The van der Waals surface area contributed by atoms with E-state index < -0.39 is 31.2 Å². The van der Waals surface area contributed by atoms with Crippen molar-refractivity contribution in [2.45, 2.75) is 26.5 Å². The van der Waals surface area contributed by atoms with Crippen LogP contribution in [0.25, 0.3) is 6.08 Å². The first-order valence-electron chi connectivity index (χ1n) is 11.7. The molecule has 0 saturated heterocycles. The van der Waals surface area contributed by atoms with Crippen molar-refractivity contribution in [3.63, 3.8) is 0 Å². The fourth-order valence-corrected chi connectivity index (χ4v) is 14.3. The van der Waals surface area contributed by atoms with Crippen LogP contribution in [0.3, 0.4) is 0 Å². The van der Waals surface area contributed by atoms with Crippen LogP contribution in [0.1, 0.15) is 34.0 Å². The molecule has 0 amide bonds. The van der Waals surface area contributed by atoms with E-state index in [1.807, 2.05) is 0 Å². The Hall–Kier alpha value is -1.81. The second-order valence-electron chi connectivity index (χ2n) is 8.96. The third-order valence-corrected chi connectivity index (χ3v) is 15.1. The summed E-state index contributed by atoms with van der Waals surface area (Å²) in [4.78, 5) is 0. The monoisotopic (exact) mass is 508 g/mol. The molecular weight excluding hydrogens is 483 g/mol. The zero-order valence-electron chi connectivity index (χ0n) is 18.2. The molecular formula is C30H27PZr. The SMILES string of the molecule is C1=CCC2CC[CH]([Zr][CH]3C(P(c4ccccc4)c4ccccc4)=Cc4ccccc43)C2=C1. The minimum atomic E-state index is -0.725. The van der Waals surface area contributed by atoms with Crippen molar-refractivity contribution in [2.24, 2.45) is 5.92 Å². The van der Waals surface area contributed by atoms with E-state index in [2.05, 4.69) is 109 Å². The molecule has 0 bridgehead atoms. The van der Waals surface area contributed by atoms with Crippen molar-refractivity contribution in [3.8, 4) is 0 Å². The number of benzene rings is 3. The molecule has 2 heteroatoms. The number of hydrogen-bond acceptors (Lipinski definition) is 0. The zero-order chi connectivity index (χ0) is 21.3. The quantitative estimate of drug-likeness (QED) is 0.315. The summed E-state index contributed by atoms with van der Waals surface area (Å²) < 4.78 is 1.56. The summed E-state index contributed by atoms with van der Waals surface area (Å²) in [5.74, 6) is 0.833. The van der Waals surface area contributed by atoms with Crippen LogP contribution in [-0.2, 0) is 23.2 Å². The Kier molecular flexibility index (Phi) is 5.98. The van der Waals surface area contributed by atoms with E-state index in [1.54, 1.807) is 16.5 Å². The zero-order valence-corrected chi connectivity index (χ0v) is 21.5. The molecule has 3 aromatic rings. The molecule has 3 aliphatic rings. The second kappa shape index (κ2) is 9.21. The van der Waals surface area contributed by atoms with E-state index in [9.17, 15) is 0 Å². The Bertz CT molecular complexity index is 1150. The molecule has 156 valence electrons. The van der Waals surface area contributed by atoms with E-state index in [4.69, 9.17) is 0 Å². The summed E-state index contributed by atoms with van der Waals surface area (Å²) in [6.45, 7) is 0. The van der Waals surface area contributed by atoms with Gasteiger partial charge in [0.1, 0.15) is 0 Å². The molecule has 1 saturated carbocycles. The predicted octanol–water partition coefficient (Wildman–Crippen LogP) is 7.38. The maximum absolute atomic E-state index is 2.58. The Balaban J connectivity index is 1.43. The van der Waals surface area contributed by atoms with Gasteiger partial charge in [0.2, 0.25) is 0 Å². The molecule has 0 nitrogen and oxygen atoms in total. The van der Waals surface area contributed by atoms with Gasteiger partial charge in [-0.2, -0.15) is 0 Å². The topological polar surface area (TPSA) is 0 Å². The fourth-order valence-electron chi connectivity index (χ4n) is 5.57. The Morgan fingerprint density at radius 3 is 2.19 bits per heavy atom. The number of fused-ring (bicyclic) bond motifs is 2. The van der Waals surface area contributed by atoms with Crippen molar-refractivity contribution in [3.05, 3.63) is 125 Å². The van der Waals surface area contributed by atoms with Gasteiger partial charge in [-0.1, -0.05) is 0 Å². The van der Waals surface area contributed by atoms with Gasteiger partial charge in [-0.3, -0.25) is 0 Å². The summed E-state index contributed by atoms with van der Waals surface area (Å²) in [6, 6.07) is 31.8. The summed E-state index contributed by atoms with van der Waals surface area (Å²) in [6.07, 6.45) is 13.9. The molecule has 3 aliphatic carbocycles. The van der Waals surface area contributed by atoms with Crippen LogP contribution in [0.15, 0.2) is 114 Å². The van der Waals surface area contributed by atoms with Crippen LogP contribution in [0.4, 0.5) is 0 Å².